The lowest BCUT2D eigenvalue weighted by atomic mass is 9.97. The topological polar surface area (TPSA) is 86.6 Å². The molecule has 15 heavy (non-hydrogen) atoms. The number of carbonyl (C=O) groups excluding carboxylic acids is 1. The zero-order valence-corrected chi connectivity index (χ0v) is 7.73. The second-order valence-electron chi connectivity index (χ2n) is 3.38. The Bertz CT molecular complexity index is 441. The average molecular weight is 207 g/mol. The van der Waals surface area contributed by atoms with Crippen LogP contribution in [0, 0.1) is 0 Å². The fourth-order valence-corrected chi connectivity index (χ4v) is 1.71. The second-order valence-corrected chi connectivity index (χ2v) is 3.38. The Morgan fingerprint density at radius 3 is 2.87 bits per heavy atom. The van der Waals surface area contributed by atoms with Gasteiger partial charge in [0.05, 0.1) is 18.0 Å². The number of rotatable bonds is 2. The van der Waals surface area contributed by atoms with E-state index in [4.69, 9.17) is 5.11 Å². The maximum absolute atomic E-state index is 11.4. The van der Waals surface area contributed by atoms with Crippen molar-refractivity contribution in [3.8, 4) is 5.75 Å². The first-order valence-corrected chi connectivity index (χ1v) is 4.44. The summed E-state index contributed by atoms with van der Waals surface area (Å²) in [7, 11) is 0. The van der Waals surface area contributed by atoms with Crippen molar-refractivity contribution >= 4 is 17.6 Å². The molecule has 1 aliphatic heterocycles. The molecule has 0 fully saturated rings. The molecule has 1 aliphatic rings. The Balaban J connectivity index is 2.41. The third kappa shape index (κ3) is 1.52. The Hall–Kier alpha value is -2.04. The van der Waals surface area contributed by atoms with Crippen LogP contribution in [0.3, 0.4) is 0 Å². The quantitative estimate of drug-likeness (QED) is 0.629. The number of anilines is 1. The van der Waals surface area contributed by atoms with Crippen LogP contribution in [-0.2, 0) is 9.59 Å². The highest BCUT2D eigenvalue weighted by Gasteiger charge is 2.33. The molecule has 1 unspecified atom stereocenters. The van der Waals surface area contributed by atoms with Gasteiger partial charge in [-0.15, -0.1) is 0 Å². The fourth-order valence-electron chi connectivity index (χ4n) is 1.71. The molecule has 3 N–H and O–H groups in total. The van der Waals surface area contributed by atoms with E-state index in [2.05, 4.69) is 5.32 Å². The zero-order chi connectivity index (χ0) is 11.0. The molecule has 0 aliphatic carbocycles. The van der Waals surface area contributed by atoms with Crippen LogP contribution < -0.4 is 5.32 Å². The van der Waals surface area contributed by atoms with Crippen LogP contribution in [-0.4, -0.2) is 22.1 Å². The van der Waals surface area contributed by atoms with Gasteiger partial charge in [-0.3, -0.25) is 9.59 Å². The van der Waals surface area contributed by atoms with E-state index in [9.17, 15) is 14.7 Å². The predicted octanol–water partition coefficient (Wildman–Crippen LogP) is 0.903. The van der Waals surface area contributed by atoms with Crippen LogP contribution in [0.1, 0.15) is 17.9 Å². The lowest BCUT2D eigenvalue weighted by Crippen LogP contribution is -2.15. The van der Waals surface area contributed by atoms with Crippen LogP contribution >= 0.6 is 0 Å². The first-order chi connectivity index (χ1) is 7.09. The molecule has 0 radical (unpaired) electrons. The molecule has 78 valence electrons. The summed E-state index contributed by atoms with van der Waals surface area (Å²) >= 11 is 0. The van der Waals surface area contributed by atoms with Crippen molar-refractivity contribution in [3.63, 3.8) is 0 Å². The third-order valence-electron chi connectivity index (χ3n) is 2.39. The van der Waals surface area contributed by atoms with Gasteiger partial charge in [-0.05, 0) is 11.6 Å². The molecule has 1 amide bonds. The molecule has 0 aromatic heterocycles. The Kier molecular flexibility index (Phi) is 2.07. The van der Waals surface area contributed by atoms with Crippen molar-refractivity contribution in [2.24, 2.45) is 0 Å². The van der Waals surface area contributed by atoms with Crippen molar-refractivity contribution in [2.75, 3.05) is 5.32 Å². The molecule has 5 heteroatoms. The fraction of sp³-hybridized carbons (Fsp3) is 0.200. The van der Waals surface area contributed by atoms with E-state index in [1.54, 1.807) is 12.1 Å². The summed E-state index contributed by atoms with van der Waals surface area (Å²) in [5.41, 5.74) is 0.871. The number of carboxylic acids is 1. The molecular formula is C10H9NO4. The molecular weight excluding hydrogens is 198 g/mol. The standard InChI is InChI=1S/C10H9NO4/c12-7-3-1-2-5-6(4-8(13)14)10(15)11-9(5)7/h1-3,6,12H,4H2,(H,11,15)(H,13,14). The van der Waals surface area contributed by atoms with Gasteiger partial charge in [0.2, 0.25) is 5.91 Å². The van der Waals surface area contributed by atoms with E-state index in [1.807, 2.05) is 0 Å². The molecule has 0 bridgehead atoms. The van der Waals surface area contributed by atoms with Gasteiger partial charge in [0, 0.05) is 0 Å². The van der Waals surface area contributed by atoms with Crippen molar-refractivity contribution < 1.29 is 19.8 Å². The molecule has 2 rings (SSSR count). The summed E-state index contributed by atoms with van der Waals surface area (Å²) in [4.78, 5) is 22.0. The normalized spacial score (nSPS) is 18.4. The van der Waals surface area contributed by atoms with Crippen LogP contribution in [0.15, 0.2) is 18.2 Å². The average Bonchev–Trinajstić information content (AvgIpc) is 2.45. The molecule has 0 spiro atoms. The minimum atomic E-state index is -1.04. The molecule has 0 saturated carbocycles. The zero-order valence-electron chi connectivity index (χ0n) is 7.73. The third-order valence-corrected chi connectivity index (χ3v) is 2.39. The van der Waals surface area contributed by atoms with Gasteiger partial charge in [0.1, 0.15) is 5.75 Å². The Morgan fingerprint density at radius 1 is 1.47 bits per heavy atom. The molecule has 1 aromatic carbocycles. The van der Waals surface area contributed by atoms with Gasteiger partial charge in [-0.2, -0.15) is 0 Å². The lowest BCUT2D eigenvalue weighted by Gasteiger charge is -2.04. The van der Waals surface area contributed by atoms with Gasteiger partial charge in [0.15, 0.2) is 0 Å². The number of aromatic hydroxyl groups is 1. The van der Waals surface area contributed by atoms with Crippen LogP contribution in [0.4, 0.5) is 5.69 Å². The number of para-hydroxylation sites is 1. The Labute approximate surface area is 85.3 Å². The summed E-state index contributed by atoms with van der Waals surface area (Å²) in [5.74, 6) is -2.15. The summed E-state index contributed by atoms with van der Waals surface area (Å²) < 4.78 is 0. The minimum Gasteiger partial charge on any atom is -0.506 e. The number of nitrogens with one attached hydrogen (secondary N) is 1. The first kappa shape index (κ1) is 9.51. The molecule has 1 aromatic rings. The molecule has 0 saturated heterocycles. The largest absolute Gasteiger partial charge is 0.506 e. The van der Waals surface area contributed by atoms with Crippen LogP contribution in [0.2, 0.25) is 0 Å². The number of carbonyl (C=O) groups is 2. The summed E-state index contributed by atoms with van der Waals surface area (Å²) in [6.45, 7) is 0. The van der Waals surface area contributed by atoms with Crippen molar-refractivity contribution in [1.29, 1.82) is 0 Å². The highest BCUT2D eigenvalue weighted by molar-refractivity contribution is 6.05. The lowest BCUT2D eigenvalue weighted by molar-refractivity contribution is -0.138. The smallest absolute Gasteiger partial charge is 0.304 e. The van der Waals surface area contributed by atoms with E-state index in [0.717, 1.165) is 0 Å². The van der Waals surface area contributed by atoms with Gasteiger partial charge < -0.3 is 15.5 Å². The molecule has 5 nitrogen and oxygen atoms in total. The van der Waals surface area contributed by atoms with Gasteiger partial charge in [-0.1, -0.05) is 12.1 Å². The van der Waals surface area contributed by atoms with E-state index in [1.165, 1.54) is 6.07 Å². The highest BCUT2D eigenvalue weighted by Crippen LogP contribution is 2.39. The molecule has 1 atom stereocenters. The number of hydrogen-bond acceptors (Lipinski definition) is 3. The maximum atomic E-state index is 11.4. The van der Waals surface area contributed by atoms with E-state index < -0.39 is 11.9 Å². The SMILES string of the molecule is O=C(O)CC1C(=O)Nc2c(O)cccc21. The number of fused-ring (bicyclic) bond motifs is 1. The Morgan fingerprint density at radius 2 is 2.20 bits per heavy atom. The van der Waals surface area contributed by atoms with E-state index in [0.29, 0.717) is 11.3 Å². The summed E-state index contributed by atoms with van der Waals surface area (Å²) in [6, 6.07) is 4.67. The number of carboxylic acid groups (broad SMARTS) is 1. The maximum Gasteiger partial charge on any atom is 0.304 e. The highest BCUT2D eigenvalue weighted by atomic mass is 16.4. The van der Waals surface area contributed by atoms with Crippen LogP contribution in [0.25, 0.3) is 0 Å². The number of benzene rings is 1. The minimum absolute atomic E-state index is 0.0336. The van der Waals surface area contributed by atoms with Crippen molar-refractivity contribution in [1.82, 2.24) is 0 Å². The number of aliphatic carboxylic acids is 1. The first-order valence-electron chi connectivity index (χ1n) is 4.44. The monoisotopic (exact) mass is 207 g/mol. The van der Waals surface area contributed by atoms with E-state index in [-0.39, 0.29) is 18.1 Å². The van der Waals surface area contributed by atoms with Crippen molar-refractivity contribution in [3.05, 3.63) is 23.8 Å². The van der Waals surface area contributed by atoms with Crippen LogP contribution in [0.5, 0.6) is 5.75 Å². The van der Waals surface area contributed by atoms with Crippen molar-refractivity contribution in [2.45, 2.75) is 12.3 Å². The summed E-state index contributed by atoms with van der Waals surface area (Å²) in [6.07, 6.45) is -0.262. The van der Waals surface area contributed by atoms with Gasteiger partial charge in [0.25, 0.3) is 0 Å². The predicted molar refractivity (Wildman–Crippen MR) is 51.7 cm³/mol. The molecule has 1 heterocycles. The van der Waals surface area contributed by atoms with Gasteiger partial charge in [-0.25, -0.2) is 0 Å². The van der Waals surface area contributed by atoms with Gasteiger partial charge >= 0.3 is 5.97 Å². The number of phenols is 1. The summed E-state index contributed by atoms with van der Waals surface area (Å²) in [5, 5.41) is 20.6. The second kappa shape index (κ2) is 3.27. The number of hydrogen-bond donors (Lipinski definition) is 3. The number of amides is 1. The van der Waals surface area contributed by atoms with E-state index >= 15 is 0 Å². The number of phenolic OH excluding ortho intramolecular Hbond substituents is 1.